The van der Waals surface area contributed by atoms with Crippen molar-refractivity contribution in [2.45, 2.75) is 51.7 Å². The maximum atomic E-state index is 12.1. The average Bonchev–Trinajstić information content (AvgIpc) is 2.71. The van der Waals surface area contributed by atoms with Gasteiger partial charge in [-0.1, -0.05) is 12.1 Å². The van der Waals surface area contributed by atoms with E-state index in [1.807, 2.05) is 27.7 Å². The third kappa shape index (κ3) is 3.82. The van der Waals surface area contributed by atoms with E-state index in [9.17, 15) is 9.59 Å². The van der Waals surface area contributed by atoms with Gasteiger partial charge in [0.05, 0.1) is 25.4 Å². The number of hydrogen-bond acceptors (Lipinski definition) is 6. The van der Waals surface area contributed by atoms with Gasteiger partial charge in [0.1, 0.15) is 0 Å². The highest BCUT2D eigenvalue weighted by molar-refractivity contribution is 6.51. The van der Waals surface area contributed by atoms with Gasteiger partial charge in [0.25, 0.3) is 0 Å². The van der Waals surface area contributed by atoms with Gasteiger partial charge in [-0.15, -0.1) is 12.3 Å². The standard InChI is InChI=1S/C17H25BO6/c1-8-10-17(13(19)21-6,14(20)22-7)11-9-12-18-23-15(2,3)16(4,5)24-18/h1,9,12H,10-11H2,2-7H3/b12-9+. The summed E-state index contributed by atoms with van der Waals surface area (Å²) in [6, 6.07) is 0. The molecule has 0 aromatic carbocycles. The van der Waals surface area contributed by atoms with E-state index in [0.717, 1.165) is 0 Å². The number of carbonyl (C=O) groups excluding carboxylic acids is 2. The maximum Gasteiger partial charge on any atom is 0.486 e. The van der Waals surface area contributed by atoms with Crippen LogP contribution in [-0.2, 0) is 28.4 Å². The first-order valence-corrected chi connectivity index (χ1v) is 7.69. The first-order chi connectivity index (χ1) is 11.1. The van der Waals surface area contributed by atoms with E-state index in [0.29, 0.717) is 0 Å². The molecule has 0 radical (unpaired) electrons. The van der Waals surface area contributed by atoms with Crippen LogP contribution in [0.1, 0.15) is 40.5 Å². The monoisotopic (exact) mass is 336 g/mol. The van der Waals surface area contributed by atoms with E-state index in [2.05, 4.69) is 5.92 Å². The fourth-order valence-electron chi connectivity index (χ4n) is 2.38. The van der Waals surface area contributed by atoms with Crippen molar-refractivity contribution >= 4 is 19.1 Å². The lowest BCUT2D eigenvalue weighted by molar-refractivity contribution is -0.168. The van der Waals surface area contributed by atoms with Gasteiger partial charge in [0.2, 0.25) is 0 Å². The molecule has 0 spiro atoms. The summed E-state index contributed by atoms with van der Waals surface area (Å²) >= 11 is 0. The summed E-state index contributed by atoms with van der Waals surface area (Å²) in [4.78, 5) is 24.3. The Hall–Kier alpha value is -1.78. The first-order valence-electron chi connectivity index (χ1n) is 7.69. The topological polar surface area (TPSA) is 71.1 Å². The Morgan fingerprint density at radius 3 is 1.96 bits per heavy atom. The zero-order chi connectivity index (χ0) is 18.6. The molecule has 0 N–H and O–H groups in total. The highest BCUT2D eigenvalue weighted by atomic mass is 16.7. The second-order valence-electron chi connectivity index (χ2n) is 6.70. The van der Waals surface area contributed by atoms with Crippen molar-refractivity contribution in [1.29, 1.82) is 0 Å². The van der Waals surface area contributed by atoms with E-state index in [-0.39, 0.29) is 12.8 Å². The summed E-state index contributed by atoms with van der Waals surface area (Å²) < 4.78 is 21.2. The molecule has 0 atom stereocenters. The second-order valence-corrected chi connectivity index (χ2v) is 6.70. The van der Waals surface area contributed by atoms with E-state index in [4.69, 9.17) is 25.2 Å². The van der Waals surface area contributed by atoms with Gasteiger partial charge >= 0.3 is 19.1 Å². The third-order valence-corrected chi connectivity index (χ3v) is 4.59. The Kier molecular flexibility index (Phi) is 6.26. The van der Waals surface area contributed by atoms with E-state index in [1.54, 1.807) is 12.1 Å². The molecule has 0 aromatic rings. The minimum atomic E-state index is -1.57. The van der Waals surface area contributed by atoms with Crippen LogP contribution in [0.15, 0.2) is 12.1 Å². The third-order valence-electron chi connectivity index (χ3n) is 4.59. The zero-order valence-corrected chi connectivity index (χ0v) is 15.2. The van der Waals surface area contributed by atoms with Gasteiger partial charge in [-0.2, -0.15) is 0 Å². The molecular formula is C17H25BO6. The molecule has 6 nitrogen and oxygen atoms in total. The average molecular weight is 336 g/mol. The molecule has 1 heterocycles. The van der Waals surface area contributed by atoms with E-state index >= 15 is 0 Å². The number of terminal acetylenes is 1. The highest BCUT2D eigenvalue weighted by Gasteiger charge is 2.51. The lowest BCUT2D eigenvalue weighted by Gasteiger charge is -2.32. The Balaban J connectivity index is 2.95. The van der Waals surface area contributed by atoms with E-state index in [1.165, 1.54) is 14.2 Å². The molecule has 1 rings (SSSR count). The molecule has 24 heavy (non-hydrogen) atoms. The molecular weight excluding hydrogens is 311 g/mol. The first kappa shape index (κ1) is 20.3. The molecule has 1 aliphatic rings. The Morgan fingerprint density at radius 1 is 1.12 bits per heavy atom. The van der Waals surface area contributed by atoms with Crippen molar-refractivity contribution < 1.29 is 28.4 Å². The molecule has 0 amide bonds. The van der Waals surface area contributed by atoms with Gasteiger partial charge in [-0.05, 0) is 34.1 Å². The van der Waals surface area contributed by atoms with Crippen LogP contribution >= 0.6 is 0 Å². The number of carbonyl (C=O) groups is 2. The number of methoxy groups -OCH3 is 2. The molecule has 132 valence electrons. The number of esters is 2. The van der Waals surface area contributed by atoms with Crippen LogP contribution in [-0.4, -0.2) is 44.5 Å². The summed E-state index contributed by atoms with van der Waals surface area (Å²) in [7, 11) is 1.83. The van der Waals surface area contributed by atoms with Gasteiger partial charge in [-0.25, -0.2) is 0 Å². The molecule has 0 aromatic heterocycles. The number of rotatable bonds is 6. The van der Waals surface area contributed by atoms with Gasteiger partial charge in [-0.3, -0.25) is 9.59 Å². The Labute approximate surface area is 144 Å². The van der Waals surface area contributed by atoms with Gasteiger partial charge in [0.15, 0.2) is 5.41 Å². The molecule has 1 saturated heterocycles. The zero-order valence-electron chi connectivity index (χ0n) is 15.2. The number of ether oxygens (including phenoxy) is 2. The number of hydrogen-bond donors (Lipinski definition) is 0. The van der Waals surface area contributed by atoms with E-state index < -0.39 is 35.7 Å². The smallest absolute Gasteiger partial charge is 0.468 e. The Morgan fingerprint density at radius 2 is 1.58 bits per heavy atom. The predicted octanol–water partition coefficient (Wildman–Crippen LogP) is 1.92. The molecule has 0 aliphatic carbocycles. The van der Waals surface area contributed by atoms with Gasteiger partial charge < -0.3 is 18.8 Å². The van der Waals surface area contributed by atoms with Crippen molar-refractivity contribution in [3.05, 3.63) is 12.1 Å². The molecule has 1 aliphatic heterocycles. The summed E-state index contributed by atoms with van der Waals surface area (Å²) in [6.07, 6.45) is 6.86. The lowest BCUT2D eigenvalue weighted by atomic mass is 9.79. The predicted molar refractivity (Wildman–Crippen MR) is 89.8 cm³/mol. The summed E-state index contributed by atoms with van der Waals surface area (Å²) in [5.41, 5.74) is -2.51. The summed E-state index contributed by atoms with van der Waals surface area (Å²) in [5, 5.41) is 0. The molecule has 0 bridgehead atoms. The summed E-state index contributed by atoms with van der Waals surface area (Å²) in [6.45, 7) is 7.75. The summed E-state index contributed by atoms with van der Waals surface area (Å²) in [5.74, 6) is 2.54. The van der Waals surface area contributed by atoms with Crippen LogP contribution in [0.2, 0.25) is 0 Å². The van der Waals surface area contributed by atoms with Crippen LogP contribution in [0.25, 0.3) is 0 Å². The van der Waals surface area contributed by atoms with Crippen LogP contribution in [0.3, 0.4) is 0 Å². The maximum absolute atomic E-state index is 12.1. The van der Waals surface area contributed by atoms with Gasteiger partial charge in [0, 0.05) is 6.42 Å². The quantitative estimate of drug-likeness (QED) is 0.319. The van der Waals surface area contributed by atoms with Crippen molar-refractivity contribution in [3.63, 3.8) is 0 Å². The van der Waals surface area contributed by atoms with Crippen LogP contribution in [0, 0.1) is 17.8 Å². The lowest BCUT2D eigenvalue weighted by Crippen LogP contribution is -2.41. The molecule has 7 heteroatoms. The van der Waals surface area contributed by atoms with Crippen molar-refractivity contribution in [2.75, 3.05) is 14.2 Å². The highest BCUT2D eigenvalue weighted by Crippen LogP contribution is 2.37. The number of allylic oxidation sites excluding steroid dienone is 1. The molecule has 0 saturated carbocycles. The normalized spacial score (nSPS) is 19.1. The van der Waals surface area contributed by atoms with Crippen molar-refractivity contribution in [2.24, 2.45) is 5.41 Å². The fraction of sp³-hybridized carbons (Fsp3) is 0.647. The largest absolute Gasteiger partial charge is 0.486 e. The van der Waals surface area contributed by atoms with Crippen molar-refractivity contribution in [3.8, 4) is 12.3 Å². The van der Waals surface area contributed by atoms with Crippen LogP contribution < -0.4 is 0 Å². The second kappa shape index (κ2) is 7.41. The minimum absolute atomic E-state index is 0.0284. The van der Waals surface area contributed by atoms with Crippen LogP contribution in [0.5, 0.6) is 0 Å². The minimum Gasteiger partial charge on any atom is -0.468 e. The van der Waals surface area contributed by atoms with Crippen molar-refractivity contribution in [1.82, 2.24) is 0 Å². The SMILES string of the molecule is C#CCC(C/C=C/B1OC(C)(C)C(C)(C)O1)(C(=O)OC)C(=O)OC. The fourth-order valence-corrected chi connectivity index (χ4v) is 2.38. The Bertz CT molecular complexity index is 526. The molecule has 0 unspecified atom stereocenters. The van der Waals surface area contributed by atoms with Crippen LogP contribution in [0.4, 0.5) is 0 Å². The molecule has 1 fully saturated rings.